The molecule has 1 aromatic rings. The molecule has 0 atom stereocenters. The van der Waals surface area contributed by atoms with Crippen LogP contribution in [-0.2, 0) is 9.53 Å². The Morgan fingerprint density at radius 1 is 1.59 bits per heavy atom. The van der Waals surface area contributed by atoms with Gasteiger partial charge >= 0.3 is 5.97 Å². The molecule has 92 valence electrons. The Morgan fingerprint density at radius 2 is 2.24 bits per heavy atom. The van der Waals surface area contributed by atoms with Gasteiger partial charge in [0.1, 0.15) is 12.2 Å². The number of nitro benzene ring substituents is 1. The molecule has 0 fully saturated rings. The summed E-state index contributed by atoms with van der Waals surface area (Å²) in [5.74, 6) is -0.457. The van der Waals surface area contributed by atoms with Gasteiger partial charge in [0, 0.05) is 17.6 Å². The number of esters is 1. The molecule has 0 aliphatic rings. The van der Waals surface area contributed by atoms with Gasteiger partial charge in [-0.3, -0.25) is 14.9 Å². The molecule has 1 rings (SSSR count). The van der Waals surface area contributed by atoms with Crippen LogP contribution in [0.5, 0.6) is 0 Å². The standard InChI is InChI=1S/C10H11BrN2O4/c1-12(6-10(14)17-2)9-5-7(11)3-4-8(9)13(15)16/h3-5H,6H2,1-2H3. The summed E-state index contributed by atoms with van der Waals surface area (Å²) in [6.45, 7) is -0.0478. The largest absolute Gasteiger partial charge is 0.468 e. The van der Waals surface area contributed by atoms with Gasteiger partial charge in [-0.1, -0.05) is 15.9 Å². The molecule has 1 aromatic carbocycles. The lowest BCUT2D eigenvalue weighted by Crippen LogP contribution is -2.26. The predicted molar refractivity (Wildman–Crippen MR) is 66.1 cm³/mol. The SMILES string of the molecule is COC(=O)CN(C)c1cc(Br)ccc1[N+](=O)[O-]. The van der Waals surface area contributed by atoms with E-state index in [0.29, 0.717) is 10.2 Å². The van der Waals surface area contributed by atoms with Gasteiger partial charge in [-0.2, -0.15) is 0 Å². The zero-order valence-corrected chi connectivity index (χ0v) is 10.9. The van der Waals surface area contributed by atoms with E-state index in [1.807, 2.05) is 0 Å². The van der Waals surface area contributed by atoms with Crippen LogP contribution < -0.4 is 4.90 Å². The number of halogens is 1. The highest BCUT2D eigenvalue weighted by molar-refractivity contribution is 9.10. The first-order valence-electron chi connectivity index (χ1n) is 4.67. The molecule has 6 nitrogen and oxygen atoms in total. The third-order valence-corrected chi connectivity index (χ3v) is 2.63. The number of hydrogen-bond donors (Lipinski definition) is 0. The fraction of sp³-hybridized carbons (Fsp3) is 0.300. The van der Waals surface area contributed by atoms with Gasteiger partial charge in [0.25, 0.3) is 5.69 Å². The molecule has 0 amide bonds. The third kappa shape index (κ3) is 3.42. The lowest BCUT2D eigenvalue weighted by molar-refractivity contribution is -0.384. The number of nitrogens with zero attached hydrogens (tertiary/aromatic N) is 2. The van der Waals surface area contributed by atoms with E-state index in [-0.39, 0.29) is 12.2 Å². The van der Waals surface area contributed by atoms with E-state index in [0.717, 1.165) is 0 Å². The van der Waals surface area contributed by atoms with Crippen molar-refractivity contribution in [2.24, 2.45) is 0 Å². The molecule has 17 heavy (non-hydrogen) atoms. The van der Waals surface area contributed by atoms with E-state index in [1.165, 1.54) is 18.1 Å². The van der Waals surface area contributed by atoms with Gasteiger partial charge < -0.3 is 9.64 Å². The summed E-state index contributed by atoms with van der Waals surface area (Å²) in [6, 6.07) is 4.54. The predicted octanol–water partition coefficient (Wildman–Crippen LogP) is 1.97. The molecule has 7 heteroatoms. The van der Waals surface area contributed by atoms with Gasteiger partial charge in [0.05, 0.1) is 12.0 Å². The zero-order chi connectivity index (χ0) is 13.0. The molecular weight excluding hydrogens is 292 g/mol. The highest BCUT2D eigenvalue weighted by Crippen LogP contribution is 2.30. The molecule has 0 saturated carbocycles. The molecule has 0 radical (unpaired) electrons. The number of likely N-dealkylation sites (N-methyl/N-ethyl adjacent to an activating group) is 1. The average molecular weight is 303 g/mol. The van der Waals surface area contributed by atoms with Crippen molar-refractivity contribution in [1.29, 1.82) is 0 Å². The molecule has 0 N–H and O–H groups in total. The summed E-state index contributed by atoms with van der Waals surface area (Å²) in [4.78, 5) is 22.9. The monoisotopic (exact) mass is 302 g/mol. The Hall–Kier alpha value is -1.63. The fourth-order valence-corrected chi connectivity index (χ4v) is 1.65. The molecule has 0 aliphatic carbocycles. The van der Waals surface area contributed by atoms with Crippen molar-refractivity contribution in [3.05, 3.63) is 32.8 Å². The Morgan fingerprint density at radius 3 is 2.76 bits per heavy atom. The van der Waals surface area contributed by atoms with Gasteiger partial charge in [-0.15, -0.1) is 0 Å². The van der Waals surface area contributed by atoms with Crippen LogP contribution in [-0.4, -0.2) is 31.6 Å². The zero-order valence-electron chi connectivity index (χ0n) is 9.34. The van der Waals surface area contributed by atoms with Gasteiger partial charge in [0.2, 0.25) is 0 Å². The highest BCUT2D eigenvalue weighted by Gasteiger charge is 2.19. The first-order chi connectivity index (χ1) is 7.95. The number of anilines is 1. The van der Waals surface area contributed by atoms with E-state index in [4.69, 9.17) is 0 Å². The molecule has 0 heterocycles. The first-order valence-corrected chi connectivity index (χ1v) is 5.47. The Bertz CT molecular complexity index is 450. The second kappa shape index (κ2) is 5.62. The van der Waals surface area contributed by atoms with E-state index in [1.54, 1.807) is 19.2 Å². The smallest absolute Gasteiger partial charge is 0.325 e. The molecule has 0 bridgehead atoms. The van der Waals surface area contributed by atoms with Crippen molar-refractivity contribution < 1.29 is 14.5 Å². The van der Waals surface area contributed by atoms with Crippen LogP contribution in [0, 0.1) is 10.1 Å². The number of rotatable bonds is 4. The van der Waals surface area contributed by atoms with Crippen molar-refractivity contribution in [2.75, 3.05) is 25.6 Å². The maximum Gasteiger partial charge on any atom is 0.325 e. The summed E-state index contributed by atoms with van der Waals surface area (Å²) in [6.07, 6.45) is 0. The van der Waals surface area contributed by atoms with Crippen molar-refractivity contribution in [3.8, 4) is 0 Å². The number of benzene rings is 1. The van der Waals surface area contributed by atoms with Crippen molar-refractivity contribution in [2.45, 2.75) is 0 Å². The van der Waals surface area contributed by atoms with Crippen molar-refractivity contribution in [1.82, 2.24) is 0 Å². The minimum atomic E-state index is -0.491. The van der Waals surface area contributed by atoms with E-state index in [9.17, 15) is 14.9 Å². The highest BCUT2D eigenvalue weighted by atomic mass is 79.9. The molecule has 0 spiro atoms. The molecule has 0 aliphatic heterocycles. The maximum atomic E-state index is 11.1. The van der Waals surface area contributed by atoms with Crippen molar-refractivity contribution in [3.63, 3.8) is 0 Å². The van der Waals surface area contributed by atoms with Gasteiger partial charge in [0.15, 0.2) is 0 Å². The van der Waals surface area contributed by atoms with Crippen molar-refractivity contribution >= 4 is 33.3 Å². The number of carbonyl (C=O) groups excluding carboxylic acids is 1. The number of nitro groups is 1. The maximum absolute atomic E-state index is 11.1. The van der Waals surface area contributed by atoms with Crippen LogP contribution in [0.25, 0.3) is 0 Å². The number of methoxy groups -OCH3 is 1. The second-order valence-electron chi connectivity index (χ2n) is 3.32. The van der Waals surface area contributed by atoms with Crippen LogP contribution in [0.1, 0.15) is 0 Å². The summed E-state index contributed by atoms with van der Waals surface area (Å²) in [5, 5.41) is 10.8. The minimum absolute atomic E-state index is 0.0478. The Kier molecular flexibility index (Phi) is 4.45. The number of ether oxygens (including phenoxy) is 1. The van der Waals surface area contributed by atoms with Crippen LogP contribution >= 0.6 is 15.9 Å². The molecule has 0 saturated heterocycles. The summed E-state index contributed by atoms with van der Waals surface area (Å²) in [5.41, 5.74) is 0.300. The van der Waals surface area contributed by atoms with Crippen LogP contribution in [0.4, 0.5) is 11.4 Å². The van der Waals surface area contributed by atoms with E-state index < -0.39 is 10.9 Å². The number of carbonyl (C=O) groups is 1. The van der Waals surface area contributed by atoms with Gasteiger partial charge in [-0.25, -0.2) is 0 Å². The third-order valence-electron chi connectivity index (χ3n) is 2.14. The van der Waals surface area contributed by atoms with Crippen LogP contribution in [0.15, 0.2) is 22.7 Å². The minimum Gasteiger partial charge on any atom is -0.468 e. The second-order valence-corrected chi connectivity index (χ2v) is 4.24. The lowest BCUT2D eigenvalue weighted by Gasteiger charge is -2.17. The number of hydrogen-bond acceptors (Lipinski definition) is 5. The molecular formula is C10H11BrN2O4. The Labute approximate surface area is 106 Å². The fourth-order valence-electron chi connectivity index (χ4n) is 1.30. The normalized spacial score (nSPS) is 9.82. The van der Waals surface area contributed by atoms with Crippen LogP contribution in [0.2, 0.25) is 0 Å². The van der Waals surface area contributed by atoms with Crippen LogP contribution in [0.3, 0.4) is 0 Å². The topological polar surface area (TPSA) is 72.7 Å². The van der Waals surface area contributed by atoms with E-state index in [2.05, 4.69) is 20.7 Å². The molecule has 0 aromatic heterocycles. The average Bonchev–Trinajstić information content (AvgIpc) is 2.28. The summed E-state index contributed by atoms with van der Waals surface area (Å²) in [7, 11) is 2.86. The molecule has 0 unspecified atom stereocenters. The quantitative estimate of drug-likeness (QED) is 0.483. The summed E-state index contributed by atoms with van der Waals surface area (Å²) < 4.78 is 5.21. The van der Waals surface area contributed by atoms with E-state index >= 15 is 0 Å². The Balaban J connectivity index is 3.06. The lowest BCUT2D eigenvalue weighted by atomic mass is 10.2. The van der Waals surface area contributed by atoms with Gasteiger partial charge in [-0.05, 0) is 12.1 Å². The first kappa shape index (κ1) is 13.4. The summed E-state index contributed by atoms with van der Waals surface area (Å²) >= 11 is 3.23.